The number of amides is 2. The van der Waals surface area contributed by atoms with E-state index in [-0.39, 0.29) is 35.7 Å². The number of carbonyl (C=O) groups excluding carboxylic acids is 2. The Morgan fingerprint density at radius 1 is 1.20 bits per heavy atom. The number of thiophene rings is 1. The van der Waals surface area contributed by atoms with Gasteiger partial charge in [0.2, 0.25) is 11.8 Å². The van der Waals surface area contributed by atoms with Crippen molar-refractivity contribution in [2.75, 3.05) is 31.1 Å². The molecule has 218 valence electrons. The first kappa shape index (κ1) is 29.7. The van der Waals surface area contributed by atoms with Gasteiger partial charge in [-0.15, -0.1) is 11.3 Å². The Morgan fingerprint density at radius 3 is 2.62 bits per heavy atom. The molecule has 2 amide bonds. The fourth-order valence-corrected chi connectivity index (χ4v) is 8.52. The SMILES string of the molecule is CC(=O)N1CCC(C(=O)N(CCCN2C3CCC2C(NS(=O)[O-])C(c2cccs2)C3)c2ccc(C)c(Cl)c2)CC1. The summed E-state index contributed by atoms with van der Waals surface area (Å²) in [4.78, 5) is 33.0. The largest absolute Gasteiger partial charge is 0.760 e. The van der Waals surface area contributed by atoms with E-state index in [4.69, 9.17) is 11.6 Å². The minimum absolute atomic E-state index is 0.0548. The zero-order valence-electron chi connectivity index (χ0n) is 23.1. The Morgan fingerprint density at radius 2 is 1.98 bits per heavy atom. The molecule has 8 nitrogen and oxygen atoms in total. The van der Waals surface area contributed by atoms with Crippen LogP contribution in [0.15, 0.2) is 35.7 Å². The van der Waals surface area contributed by atoms with Gasteiger partial charge in [0.05, 0.1) is 0 Å². The predicted molar refractivity (Wildman–Crippen MR) is 159 cm³/mol. The highest BCUT2D eigenvalue weighted by Crippen LogP contribution is 2.44. The second-order valence-corrected chi connectivity index (χ2v) is 13.4. The van der Waals surface area contributed by atoms with E-state index >= 15 is 0 Å². The molecule has 40 heavy (non-hydrogen) atoms. The first-order chi connectivity index (χ1) is 19.2. The molecule has 1 aromatic carbocycles. The number of fused-ring (bicyclic) bond motifs is 2. The smallest absolute Gasteiger partial charge is 0.230 e. The molecule has 3 saturated heterocycles. The number of hydrogen-bond acceptors (Lipinski definition) is 6. The number of piperidine rings is 2. The summed E-state index contributed by atoms with van der Waals surface area (Å²) in [6.45, 7) is 6.08. The van der Waals surface area contributed by atoms with Crippen LogP contribution in [0.2, 0.25) is 5.02 Å². The van der Waals surface area contributed by atoms with Crippen molar-refractivity contribution in [2.24, 2.45) is 5.92 Å². The number of carbonyl (C=O) groups is 2. The molecule has 1 N–H and O–H groups in total. The van der Waals surface area contributed by atoms with E-state index in [0.29, 0.717) is 43.5 Å². The molecule has 3 aliphatic rings. The number of likely N-dealkylation sites (tertiary alicyclic amines) is 1. The molecule has 2 bridgehead atoms. The van der Waals surface area contributed by atoms with Crippen molar-refractivity contribution >= 4 is 51.7 Å². The van der Waals surface area contributed by atoms with Crippen LogP contribution in [0, 0.1) is 12.8 Å². The minimum Gasteiger partial charge on any atom is -0.760 e. The maximum Gasteiger partial charge on any atom is 0.230 e. The van der Waals surface area contributed by atoms with E-state index < -0.39 is 11.3 Å². The number of aryl methyl sites for hydroxylation is 1. The first-order valence-electron chi connectivity index (χ1n) is 14.2. The van der Waals surface area contributed by atoms with Gasteiger partial charge in [-0.05, 0) is 74.6 Å². The summed E-state index contributed by atoms with van der Waals surface area (Å²) >= 11 is 5.84. The van der Waals surface area contributed by atoms with Gasteiger partial charge in [0, 0.05) is 89.9 Å². The fourth-order valence-electron chi connectivity index (χ4n) is 6.92. The number of halogens is 1. The molecule has 2 aromatic rings. The standard InChI is InChI=1S/C29H39ClN4O4S2/c1-19-6-7-23(18-25(19)30)34(29(36)21-10-14-32(15-11-21)20(2)35)13-4-12-33-22-8-9-26(33)28(31-40(37)38)24(17-22)27-5-3-16-39-27/h3,5-7,16,18,21-22,24,26,28,31H,4,8-15,17H2,1-2H3,(H,37,38)/p-1. The van der Waals surface area contributed by atoms with Crippen LogP contribution >= 0.6 is 22.9 Å². The Labute approximate surface area is 248 Å². The lowest BCUT2D eigenvalue weighted by atomic mass is 9.85. The van der Waals surface area contributed by atoms with E-state index in [1.807, 2.05) is 41.0 Å². The quantitative estimate of drug-likeness (QED) is 0.426. The van der Waals surface area contributed by atoms with Gasteiger partial charge in [0.1, 0.15) is 0 Å². The highest BCUT2D eigenvalue weighted by Gasteiger charge is 2.47. The van der Waals surface area contributed by atoms with E-state index in [9.17, 15) is 18.4 Å². The van der Waals surface area contributed by atoms with Crippen LogP contribution in [0.25, 0.3) is 0 Å². The summed E-state index contributed by atoms with van der Waals surface area (Å²) in [5.41, 5.74) is 1.77. The maximum atomic E-state index is 13.8. The van der Waals surface area contributed by atoms with Gasteiger partial charge in [-0.2, -0.15) is 0 Å². The lowest BCUT2D eigenvalue weighted by molar-refractivity contribution is -0.133. The van der Waals surface area contributed by atoms with Crippen LogP contribution < -0.4 is 9.62 Å². The van der Waals surface area contributed by atoms with E-state index in [0.717, 1.165) is 43.5 Å². The average Bonchev–Trinajstić information content (AvgIpc) is 3.57. The molecule has 0 spiro atoms. The van der Waals surface area contributed by atoms with E-state index in [1.54, 1.807) is 18.3 Å². The average molecular weight is 606 g/mol. The van der Waals surface area contributed by atoms with Crippen molar-refractivity contribution < 1.29 is 18.4 Å². The van der Waals surface area contributed by atoms with E-state index in [2.05, 4.69) is 21.1 Å². The third-order valence-electron chi connectivity index (χ3n) is 9.03. The molecule has 5 unspecified atom stereocenters. The third kappa shape index (κ3) is 6.47. The monoisotopic (exact) mass is 605 g/mol. The first-order valence-corrected chi connectivity index (χ1v) is 16.5. The maximum absolute atomic E-state index is 13.8. The molecule has 3 aliphatic heterocycles. The Bertz CT molecular complexity index is 1220. The molecule has 0 radical (unpaired) electrons. The van der Waals surface area contributed by atoms with Crippen LogP contribution in [-0.4, -0.2) is 74.7 Å². The number of hydrogen-bond donors (Lipinski definition) is 1. The highest BCUT2D eigenvalue weighted by molar-refractivity contribution is 7.77. The molecular weight excluding hydrogens is 568 g/mol. The number of nitrogens with zero attached hydrogens (tertiary/aromatic N) is 3. The second kappa shape index (κ2) is 13.0. The summed E-state index contributed by atoms with van der Waals surface area (Å²) in [6, 6.07) is 10.3. The summed E-state index contributed by atoms with van der Waals surface area (Å²) < 4.78 is 26.4. The molecule has 1 aromatic heterocycles. The Kier molecular flexibility index (Phi) is 9.64. The molecule has 3 fully saturated rings. The number of rotatable bonds is 9. The van der Waals surface area contributed by atoms with E-state index in [1.165, 1.54) is 4.88 Å². The predicted octanol–water partition coefficient (Wildman–Crippen LogP) is 4.46. The topological polar surface area (TPSA) is 96.0 Å². The second-order valence-electron chi connectivity index (χ2n) is 11.3. The van der Waals surface area contributed by atoms with Gasteiger partial charge in [-0.3, -0.25) is 18.7 Å². The summed E-state index contributed by atoms with van der Waals surface area (Å²) in [5, 5.41) is 2.69. The molecule has 0 aliphatic carbocycles. The van der Waals surface area contributed by atoms with Crippen LogP contribution in [-0.2, 0) is 20.9 Å². The van der Waals surface area contributed by atoms with Gasteiger partial charge in [0.15, 0.2) is 0 Å². The van der Waals surface area contributed by atoms with Crippen LogP contribution in [0.5, 0.6) is 0 Å². The fraction of sp³-hybridized carbons (Fsp3) is 0.586. The van der Waals surface area contributed by atoms with Crippen molar-refractivity contribution in [2.45, 2.75) is 76.4 Å². The summed E-state index contributed by atoms with van der Waals surface area (Å²) in [7, 11) is 0. The van der Waals surface area contributed by atoms with Crippen molar-refractivity contribution in [3.8, 4) is 0 Å². The molecule has 5 rings (SSSR count). The Balaban J connectivity index is 1.29. The van der Waals surface area contributed by atoms with Crippen molar-refractivity contribution in [1.29, 1.82) is 0 Å². The van der Waals surface area contributed by atoms with Gasteiger partial charge in [0.25, 0.3) is 0 Å². The van der Waals surface area contributed by atoms with Gasteiger partial charge in [-0.1, -0.05) is 23.7 Å². The van der Waals surface area contributed by atoms with Crippen LogP contribution in [0.1, 0.15) is 61.8 Å². The van der Waals surface area contributed by atoms with Crippen molar-refractivity contribution in [3.05, 3.63) is 51.2 Å². The molecule has 11 heteroatoms. The van der Waals surface area contributed by atoms with Crippen molar-refractivity contribution in [3.63, 3.8) is 0 Å². The lowest BCUT2D eigenvalue weighted by Gasteiger charge is -2.45. The lowest BCUT2D eigenvalue weighted by Crippen LogP contribution is -2.57. The van der Waals surface area contributed by atoms with Gasteiger partial charge < -0.3 is 14.4 Å². The number of nitrogens with one attached hydrogen (secondary N) is 1. The molecule has 4 heterocycles. The number of anilines is 1. The molecule has 0 saturated carbocycles. The van der Waals surface area contributed by atoms with Gasteiger partial charge >= 0.3 is 0 Å². The molecule has 5 atom stereocenters. The van der Waals surface area contributed by atoms with Crippen molar-refractivity contribution in [1.82, 2.24) is 14.5 Å². The van der Waals surface area contributed by atoms with Crippen LogP contribution in [0.3, 0.4) is 0 Å². The normalized spacial score (nSPS) is 26.1. The van der Waals surface area contributed by atoms with Crippen LogP contribution in [0.4, 0.5) is 5.69 Å². The summed E-state index contributed by atoms with van der Waals surface area (Å²) in [6.07, 6.45) is 5.04. The zero-order valence-corrected chi connectivity index (χ0v) is 25.5. The summed E-state index contributed by atoms with van der Waals surface area (Å²) in [5.74, 6) is 0.192. The number of benzene rings is 1. The Hall–Kier alpha value is -1.82. The zero-order chi connectivity index (χ0) is 28.4. The third-order valence-corrected chi connectivity index (χ3v) is 10.9. The van der Waals surface area contributed by atoms with Gasteiger partial charge in [-0.25, -0.2) is 4.72 Å². The highest BCUT2D eigenvalue weighted by atomic mass is 35.5. The molecular formula is C29H38ClN4O4S2-. The minimum atomic E-state index is -2.33.